The first-order valence-corrected chi connectivity index (χ1v) is 5.54. The quantitative estimate of drug-likeness (QED) is 0.805. The number of nitrogens with zero attached hydrogens (tertiary/aromatic N) is 4. The lowest BCUT2D eigenvalue weighted by molar-refractivity contribution is -0.141. The van der Waals surface area contributed by atoms with Crippen molar-refractivity contribution in [3.05, 3.63) is 36.0 Å². The van der Waals surface area contributed by atoms with Gasteiger partial charge in [-0.25, -0.2) is 19.4 Å². The van der Waals surface area contributed by atoms with E-state index in [1.807, 2.05) is 0 Å². The molecule has 2 aromatic rings. The summed E-state index contributed by atoms with van der Waals surface area (Å²) in [5, 5.41) is 3.68. The molecule has 0 spiro atoms. The van der Waals surface area contributed by atoms with Crippen LogP contribution in [0.4, 0.5) is 13.2 Å². The van der Waals surface area contributed by atoms with E-state index in [4.69, 9.17) is 4.74 Å². The molecule has 6 nitrogen and oxygen atoms in total. The van der Waals surface area contributed by atoms with Crippen LogP contribution in [0.2, 0.25) is 0 Å². The Bertz CT molecular complexity index is 611. The number of hydrogen-bond donors (Lipinski definition) is 0. The molecule has 0 amide bonds. The number of carbonyl (C=O) groups is 1. The maximum atomic E-state index is 12.7. The van der Waals surface area contributed by atoms with Crippen molar-refractivity contribution in [2.45, 2.75) is 13.1 Å². The fourth-order valence-electron chi connectivity index (χ4n) is 1.47. The lowest BCUT2D eigenvalue weighted by Crippen LogP contribution is -2.16. The van der Waals surface area contributed by atoms with Gasteiger partial charge in [0.25, 0.3) is 0 Å². The monoisotopic (exact) mass is 286 g/mol. The molecule has 0 aliphatic rings. The fraction of sp³-hybridized carbons (Fsp3) is 0.273. The van der Waals surface area contributed by atoms with Crippen LogP contribution in [0.15, 0.2) is 24.8 Å². The normalized spacial score (nSPS) is 11.4. The summed E-state index contributed by atoms with van der Waals surface area (Å²) in [5.41, 5.74) is -1.25. The number of halogens is 3. The van der Waals surface area contributed by atoms with Crippen molar-refractivity contribution in [3.8, 4) is 5.82 Å². The van der Waals surface area contributed by atoms with E-state index in [2.05, 4.69) is 15.1 Å². The molecule has 0 bridgehead atoms. The second-order valence-corrected chi connectivity index (χ2v) is 3.63. The summed E-state index contributed by atoms with van der Waals surface area (Å²) in [6.45, 7) is 1.68. The van der Waals surface area contributed by atoms with Gasteiger partial charge in [-0.1, -0.05) is 0 Å². The lowest BCUT2D eigenvalue weighted by atomic mass is 10.2. The molecule has 0 aromatic carbocycles. The first-order valence-electron chi connectivity index (χ1n) is 5.54. The standard InChI is InChI=1S/C11H9F3N4O2/c1-2-20-10(19)7-3-4-8(11(12,13)14)17-9(7)18-6-15-5-16-18/h3-6H,2H2,1H3. The molecule has 9 heteroatoms. The van der Waals surface area contributed by atoms with E-state index >= 15 is 0 Å². The molecule has 0 saturated carbocycles. The molecule has 0 unspecified atom stereocenters. The van der Waals surface area contributed by atoms with Gasteiger partial charge >= 0.3 is 12.1 Å². The van der Waals surface area contributed by atoms with Gasteiger partial charge in [-0.05, 0) is 19.1 Å². The topological polar surface area (TPSA) is 69.9 Å². The summed E-state index contributed by atoms with van der Waals surface area (Å²) < 4.78 is 43.7. The van der Waals surface area contributed by atoms with Gasteiger partial charge in [0, 0.05) is 0 Å². The summed E-state index contributed by atoms with van der Waals surface area (Å²) >= 11 is 0. The first kappa shape index (κ1) is 14.0. The molecule has 2 aromatic heterocycles. The summed E-state index contributed by atoms with van der Waals surface area (Å²) in [6, 6.07) is 1.72. The highest BCUT2D eigenvalue weighted by atomic mass is 19.4. The Labute approximate surface area is 111 Å². The smallest absolute Gasteiger partial charge is 0.433 e. The van der Waals surface area contributed by atoms with Gasteiger partial charge in [0.1, 0.15) is 23.9 Å². The zero-order valence-corrected chi connectivity index (χ0v) is 10.3. The third-order valence-corrected chi connectivity index (χ3v) is 2.30. The second-order valence-electron chi connectivity index (χ2n) is 3.63. The van der Waals surface area contributed by atoms with Crippen molar-refractivity contribution in [1.29, 1.82) is 0 Å². The highest BCUT2D eigenvalue weighted by molar-refractivity contribution is 5.92. The van der Waals surface area contributed by atoms with Crippen LogP contribution < -0.4 is 0 Å². The third-order valence-electron chi connectivity index (χ3n) is 2.30. The summed E-state index contributed by atoms with van der Waals surface area (Å²) in [7, 11) is 0. The average molecular weight is 286 g/mol. The Kier molecular flexibility index (Phi) is 3.68. The minimum atomic E-state index is -4.62. The van der Waals surface area contributed by atoms with Crippen molar-refractivity contribution in [3.63, 3.8) is 0 Å². The predicted octanol–water partition coefficient (Wildman–Crippen LogP) is 1.86. The van der Waals surface area contributed by atoms with Gasteiger partial charge in [-0.3, -0.25) is 0 Å². The maximum absolute atomic E-state index is 12.7. The zero-order valence-electron chi connectivity index (χ0n) is 10.3. The molecule has 0 aliphatic carbocycles. The van der Waals surface area contributed by atoms with Gasteiger partial charge in [-0.2, -0.15) is 18.3 Å². The number of alkyl halides is 3. The highest BCUT2D eigenvalue weighted by Gasteiger charge is 2.34. The summed E-state index contributed by atoms with van der Waals surface area (Å²) in [5.74, 6) is -1.06. The second kappa shape index (κ2) is 5.27. The van der Waals surface area contributed by atoms with E-state index in [9.17, 15) is 18.0 Å². The van der Waals surface area contributed by atoms with Crippen LogP contribution >= 0.6 is 0 Å². The fourth-order valence-corrected chi connectivity index (χ4v) is 1.47. The van der Waals surface area contributed by atoms with Crippen LogP contribution in [-0.4, -0.2) is 32.3 Å². The number of ether oxygens (including phenoxy) is 1. The summed E-state index contributed by atoms with van der Waals surface area (Å²) in [4.78, 5) is 18.8. The first-order chi connectivity index (χ1) is 9.43. The van der Waals surface area contributed by atoms with Crippen molar-refractivity contribution in [2.75, 3.05) is 6.61 Å². The van der Waals surface area contributed by atoms with Crippen molar-refractivity contribution in [2.24, 2.45) is 0 Å². The van der Waals surface area contributed by atoms with E-state index < -0.39 is 17.8 Å². The number of hydrogen-bond acceptors (Lipinski definition) is 5. The summed E-state index contributed by atoms with van der Waals surface area (Å²) in [6.07, 6.45) is -2.36. The van der Waals surface area contributed by atoms with Gasteiger partial charge in [-0.15, -0.1) is 0 Å². The molecule has 2 heterocycles. The number of pyridine rings is 1. The molecule has 0 saturated heterocycles. The largest absolute Gasteiger partial charge is 0.462 e. The number of carbonyl (C=O) groups excluding carboxylic acids is 1. The van der Waals surface area contributed by atoms with E-state index in [-0.39, 0.29) is 18.0 Å². The van der Waals surface area contributed by atoms with Crippen LogP contribution in [-0.2, 0) is 10.9 Å². The molecule has 20 heavy (non-hydrogen) atoms. The van der Waals surface area contributed by atoms with E-state index in [1.54, 1.807) is 6.92 Å². The number of rotatable bonds is 3. The Balaban J connectivity index is 2.55. The maximum Gasteiger partial charge on any atom is 0.433 e. The number of aromatic nitrogens is 4. The van der Waals surface area contributed by atoms with E-state index in [0.717, 1.165) is 23.4 Å². The molecule has 2 rings (SSSR count). The van der Waals surface area contributed by atoms with Crippen molar-refractivity contribution in [1.82, 2.24) is 19.7 Å². The zero-order chi connectivity index (χ0) is 14.8. The Morgan fingerprint density at radius 3 is 2.70 bits per heavy atom. The van der Waals surface area contributed by atoms with Gasteiger partial charge in [0.15, 0.2) is 5.82 Å². The van der Waals surface area contributed by atoms with Crippen LogP contribution in [0.25, 0.3) is 5.82 Å². The van der Waals surface area contributed by atoms with Crippen LogP contribution in [0.3, 0.4) is 0 Å². The predicted molar refractivity (Wildman–Crippen MR) is 60.1 cm³/mol. The minimum absolute atomic E-state index is 0.0939. The Hall–Kier alpha value is -2.45. The van der Waals surface area contributed by atoms with Crippen molar-refractivity contribution >= 4 is 5.97 Å². The SMILES string of the molecule is CCOC(=O)c1ccc(C(F)(F)F)nc1-n1cncn1. The van der Waals surface area contributed by atoms with Gasteiger partial charge < -0.3 is 4.74 Å². The van der Waals surface area contributed by atoms with Gasteiger partial charge in [0.2, 0.25) is 0 Å². The van der Waals surface area contributed by atoms with Crippen LogP contribution in [0.5, 0.6) is 0 Å². The van der Waals surface area contributed by atoms with E-state index in [1.165, 1.54) is 0 Å². The van der Waals surface area contributed by atoms with Crippen LogP contribution in [0, 0.1) is 0 Å². The molecular formula is C11H9F3N4O2. The molecule has 0 radical (unpaired) electrons. The van der Waals surface area contributed by atoms with E-state index in [0.29, 0.717) is 6.07 Å². The Morgan fingerprint density at radius 1 is 1.40 bits per heavy atom. The molecule has 0 atom stereocenters. The lowest BCUT2D eigenvalue weighted by Gasteiger charge is -2.11. The Morgan fingerprint density at radius 2 is 2.15 bits per heavy atom. The number of esters is 1. The molecule has 0 aliphatic heterocycles. The molecule has 0 N–H and O–H groups in total. The average Bonchev–Trinajstić information content (AvgIpc) is 2.91. The third kappa shape index (κ3) is 2.76. The minimum Gasteiger partial charge on any atom is -0.462 e. The highest BCUT2D eigenvalue weighted by Crippen LogP contribution is 2.29. The van der Waals surface area contributed by atoms with Crippen LogP contribution in [0.1, 0.15) is 23.0 Å². The van der Waals surface area contributed by atoms with Gasteiger partial charge in [0.05, 0.1) is 6.61 Å². The van der Waals surface area contributed by atoms with Crippen molar-refractivity contribution < 1.29 is 22.7 Å². The molecular weight excluding hydrogens is 277 g/mol. The molecule has 106 valence electrons. The molecule has 0 fully saturated rings.